The number of hydrogen-bond acceptors (Lipinski definition) is 4. The van der Waals surface area contributed by atoms with Crippen LogP contribution in [0, 0.1) is 5.92 Å². The second kappa shape index (κ2) is 10.3. The summed E-state index contributed by atoms with van der Waals surface area (Å²) < 4.78 is 11.3. The largest absolute Gasteiger partial charge is 0.493 e. The Morgan fingerprint density at radius 1 is 1.04 bits per heavy atom. The molecule has 2 aromatic carbocycles. The highest BCUT2D eigenvalue weighted by Crippen LogP contribution is 2.19. The van der Waals surface area contributed by atoms with Gasteiger partial charge in [-0.1, -0.05) is 32.6 Å². The number of carbonyl (C=O) groups is 1. The van der Waals surface area contributed by atoms with Crippen LogP contribution in [0.2, 0.25) is 0 Å². The Hall–Kier alpha value is -2.95. The molecular formula is C22H28N2O3. The summed E-state index contributed by atoms with van der Waals surface area (Å²) in [6.07, 6.45) is 0. The number of ether oxygens (including phenoxy) is 2. The Bertz CT molecular complexity index is 772. The van der Waals surface area contributed by atoms with Gasteiger partial charge in [0.25, 0.3) is 0 Å². The standard InChI is InChI=1S/C22H28N2O3/c1-16(2)14-26-20-9-5-7-18(11-20)23-13-22(25)24-19-8-6-10-21(12-19)27-15-17(3)4/h5-12,17,23H,1,13-15H2,2-4H3,(H,24,25). The quantitative estimate of drug-likeness (QED) is 0.596. The Balaban J connectivity index is 1.85. The topological polar surface area (TPSA) is 59.6 Å². The maximum absolute atomic E-state index is 12.2. The molecule has 0 heterocycles. The number of nitrogens with one attached hydrogen (secondary N) is 2. The highest BCUT2D eigenvalue weighted by molar-refractivity contribution is 5.93. The van der Waals surface area contributed by atoms with E-state index < -0.39 is 0 Å². The van der Waals surface area contributed by atoms with Crippen LogP contribution in [-0.2, 0) is 4.79 Å². The van der Waals surface area contributed by atoms with Crippen LogP contribution in [0.5, 0.6) is 11.5 Å². The van der Waals surface area contributed by atoms with Gasteiger partial charge in [-0.3, -0.25) is 4.79 Å². The summed E-state index contributed by atoms with van der Waals surface area (Å²) in [4.78, 5) is 12.2. The highest BCUT2D eigenvalue weighted by Gasteiger charge is 2.05. The van der Waals surface area contributed by atoms with Crippen LogP contribution in [0.4, 0.5) is 11.4 Å². The minimum Gasteiger partial charge on any atom is -0.493 e. The molecule has 0 fully saturated rings. The van der Waals surface area contributed by atoms with Crippen LogP contribution in [0.15, 0.2) is 60.7 Å². The van der Waals surface area contributed by atoms with Gasteiger partial charge in [-0.15, -0.1) is 0 Å². The van der Waals surface area contributed by atoms with Crippen LogP contribution < -0.4 is 20.1 Å². The van der Waals surface area contributed by atoms with E-state index in [9.17, 15) is 4.79 Å². The van der Waals surface area contributed by atoms with E-state index in [1.807, 2.05) is 55.5 Å². The molecule has 0 spiro atoms. The van der Waals surface area contributed by atoms with Crippen LogP contribution in [0.1, 0.15) is 20.8 Å². The van der Waals surface area contributed by atoms with Gasteiger partial charge in [0.1, 0.15) is 18.1 Å². The summed E-state index contributed by atoms with van der Waals surface area (Å²) in [6, 6.07) is 14.9. The lowest BCUT2D eigenvalue weighted by molar-refractivity contribution is -0.114. The Morgan fingerprint density at radius 3 is 2.33 bits per heavy atom. The smallest absolute Gasteiger partial charge is 0.243 e. The Kier molecular flexibility index (Phi) is 7.74. The molecule has 144 valence electrons. The van der Waals surface area contributed by atoms with Gasteiger partial charge >= 0.3 is 0 Å². The Morgan fingerprint density at radius 2 is 1.67 bits per heavy atom. The molecule has 5 heteroatoms. The zero-order chi connectivity index (χ0) is 19.6. The van der Waals surface area contributed by atoms with Crippen molar-refractivity contribution in [3.05, 3.63) is 60.7 Å². The fraction of sp³-hybridized carbons (Fsp3) is 0.318. The third kappa shape index (κ3) is 7.86. The number of rotatable bonds is 10. The molecule has 0 aromatic heterocycles. The zero-order valence-corrected chi connectivity index (χ0v) is 16.2. The second-order valence-electron chi connectivity index (χ2n) is 6.91. The van der Waals surface area contributed by atoms with Gasteiger partial charge in [-0.25, -0.2) is 0 Å². The van der Waals surface area contributed by atoms with Crippen LogP contribution in [0.25, 0.3) is 0 Å². The van der Waals surface area contributed by atoms with Gasteiger partial charge in [0.2, 0.25) is 5.91 Å². The van der Waals surface area contributed by atoms with E-state index in [4.69, 9.17) is 9.47 Å². The maximum Gasteiger partial charge on any atom is 0.243 e. The van der Waals surface area contributed by atoms with Crippen molar-refractivity contribution in [2.45, 2.75) is 20.8 Å². The van der Waals surface area contributed by atoms with Gasteiger partial charge < -0.3 is 20.1 Å². The molecule has 2 N–H and O–H groups in total. The van der Waals surface area contributed by atoms with Crippen molar-refractivity contribution in [3.8, 4) is 11.5 Å². The highest BCUT2D eigenvalue weighted by atomic mass is 16.5. The lowest BCUT2D eigenvalue weighted by Crippen LogP contribution is -2.21. The monoisotopic (exact) mass is 368 g/mol. The third-order valence-electron chi connectivity index (χ3n) is 3.47. The molecule has 0 unspecified atom stereocenters. The predicted molar refractivity (Wildman–Crippen MR) is 111 cm³/mol. The summed E-state index contributed by atoms with van der Waals surface area (Å²) in [6.45, 7) is 11.2. The second-order valence-corrected chi connectivity index (χ2v) is 6.91. The van der Waals surface area contributed by atoms with Gasteiger partial charge in [-0.2, -0.15) is 0 Å². The molecule has 1 amide bonds. The molecule has 0 aliphatic heterocycles. The fourth-order valence-corrected chi connectivity index (χ4v) is 2.22. The molecule has 0 bridgehead atoms. The summed E-state index contributed by atoms with van der Waals surface area (Å²) in [7, 11) is 0. The molecule has 0 aliphatic rings. The first-order chi connectivity index (χ1) is 12.9. The van der Waals surface area contributed by atoms with E-state index in [0.29, 0.717) is 24.8 Å². The minimum atomic E-state index is -0.135. The first-order valence-corrected chi connectivity index (χ1v) is 9.06. The SMILES string of the molecule is C=C(C)COc1cccc(NCC(=O)Nc2cccc(OCC(C)C)c2)c1. The molecule has 5 nitrogen and oxygen atoms in total. The molecule has 0 aliphatic carbocycles. The van der Waals surface area contributed by atoms with Crippen LogP contribution in [0.3, 0.4) is 0 Å². The van der Waals surface area contributed by atoms with Crippen molar-refractivity contribution in [1.29, 1.82) is 0 Å². The van der Waals surface area contributed by atoms with Crippen LogP contribution in [-0.4, -0.2) is 25.7 Å². The molecule has 0 saturated carbocycles. The average molecular weight is 368 g/mol. The lowest BCUT2D eigenvalue weighted by atomic mass is 10.2. The number of amides is 1. The van der Waals surface area contributed by atoms with E-state index in [2.05, 4.69) is 31.1 Å². The molecule has 0 radical (unpaired) electrons. The van der Waals surface area contributed by atoms with Gasteiger partial charge in [0.15, 0.2) is 0 Å². The van der Waals surface area contributed by atoms with Gasteiger partial charge in [0.05, 0.1) is 13.2 Å². The third-order valence-corrected chi connectivity index (χ3v) is 3.47. The molecular weight excluding hydrogens is 340 g/mol. The van der Waals surface area contributed by atoms with Crippen molar-refractivity contribution < 1.29 is 14.3 Å². The first kappa shape index (κ1) is 20.4. The van der Waals surface area contributed by atoms with Crippen molar-refractivity contribution in [3.63, 3.8) is 0 Å². The van der Waals surface area contributed by atoms with Crippen LogP contribution >= 0.6 is 0 Å². The summed E-state index contributed by atoms with van der Waals surface area (Å²) >= 11 is 0. The number of hydrogen-bond donors (Lipinski definition) is 2. The molecule has 2 rings (SSSR count). The van der Waals surface area contributed by atoms with E-state index in [1.165, 1.54) is 0 Å². The van der Waals surface area contributed by atoms with E-state index in [0.717, 1.165) is 22.8 Å². The molecule has 2 aromatic rings. The van der Waals surface area contributed by atoms with E-state index in [-0.39, 0.29) is 12.5 Å². The number of carbonyl (C=O) groups excluding carboxylic acids is 1. The lowest BCUT2D eigenvalue weighted by Gasteiger charge is -2.12. The molecule has 0 saturated heterocycles. The molecule has 0 atom stereocenters. The van der Waals surface area contributed by atoms with Crippen molar-refractivity contribution in [1.82, 2.24) is 0 Å². The zero-order valence-electron chi connectivity index (χ0n) is 16.2. The average Bonchev–Trinajstić information content (AvgIpc) is 2.64. The van der Waals surface area contributed by atoms with E-state index >= 15 is 0 Å². The van der Waals surface area contributed by atoms with E-state index in [1.54, 1.807) is 0 Å². The van der Waals surface area contributed by atoms with Gasteiger partial charge in [0, 0.05) is 23.5 Å². The number of anilines is 2. The van der Waals surface area contributed by atoms with Gasteiger partial charge in [-0.05, 0) is 42.7 Å². The van der Waals surface area contributed by atoms with Crippen molar-refractivity contribution in [2.24, 2.45) is 5.92 Å². The predicted octanol–water partition coefficient (Wildman–Crippen LogP) is 4.73. The van der Waals surface area contributed by atoms with Crippen molar-refractivity contribution in [2.75, 3.05) is 30.4 Å². The maximum atomic E-state index is 12.2. The normalized spacial score (nSPS) is 10.4. The fourth-order valence-electron chi connectivity index (χ4n) is 2.22. The molecule has 27 heavy (non-hydrogen) atoms. The minimum absolute atomic E-state index is 0.135. The summed E-state index contributed by atoms with van der Waals surface area (Å²) in [5, 5.41) is 5.97. The number of benzene rings is 2. The first-order valence-electron chi connectivity index (χ1n) is 9.06. The Labute approximate surface area is 161 Å². The summed E-state index contributed by atoms with van der Waals surface area (Å²) in [5.41, 5.74) is 2.48. The summed E-state index contributed by atoms with van der Waals surface area (Å²) in [5.74, 6) is 1.79. The van der Waals surface area contributed by atoms with Crippen molar-refractivity contribution >= 4 is 17.3 Å².